The van der Waals surface area contributed by atoms with Crippen LogP contribution >= 0.6 is 15.9 Å². The van der Waals surface area contributed by atoms with Crippen molar-refractivity contribution in [2.75, 3.05) is 0 Å². The Morgan fingerprint density at radius 3 is 2.60 bits per heavy atom. The monoisotopic (exact) mass is 334 g/mol. The Kier molecular flexibility index (Phi) is 4.76. The van der Waals surface area contributed by atoms with E-state index in [-0.39, 0.29) is 11.7 Å². The van der Waals surface area contributed by atoms with Crippen LogP contribution in [-0.4, -0.2) is 15.6 Å². The van der Waals surface area contributed by atoms with Gasteiger partial charge in [-0.05, 0) is 29.8 Å². The van der Waals surface area contributed by atoms with Crippen molar-refractivity contribution in [1.29, 1.82) is 0 Å². The molecule has 1 aromatic heterocycles. The highest BCUT2D eigenvalue weighted by Gasteiger charge is 2.20. The third-order valence-electron chi connectivity index (χ3n) is 3.46. The van der Waals surface area contributed by atoms with Gasteiger partial charge in [-0.2, -0.15) is 5.10 Å². The number of Topliss-reactive ketones (excluding diaryl/α,β-unsaturated/α-hetero) is 1. The fourth-order valence-corrected chi connectivity index (χ4v) is 2.78. The van der Waals surface area contributed by atoms with E-state index in [0.717, 1.165) is 28.0 Å². The zero-order valence-electron chi connectivity index (χ0n) is 12.1. The molecule has 0 aliphatic rings. The van der Waals surface area contributed by atoms with Crippen LogP contribution in [-0.2, 0) is 13.0 Å². The lowest BCUT2D eigenvalue weighted by Crippen LogP contribution is -2.16. The summed E-state index contributed by atoms with van der Waals surface area (Å²) in [6.45, 7) is 6.83. The molecule has 0 saturated carbocycles. The second-order valence-electron chi connectivity index (χ2n) is 5.00. The van der Waals surface area contributed by atoms with E-state index in [0.29, 0.717) is 6.42 Å². The van der Waals surface area contributed by atoms with Crippen molar-refractivity contribution in [3.05, 3.63) is 51.8 Å². The van der Waals surface area contributed by atoms with Crippen molar-refractivity contribution in [1.82, 2.24) is 9.78 Å². The minimum absolute atomic E-state index is 0.0601. The molecule has 0 aliphatic carbocycles. The predicted octanol–water partition coefficient (Wildman–Crippen LogP) is 4.04. The molecule has 1 aromatic carbocycles. The van der Waals surface area contributed by atoms with Gasteiger partial charge in [0.25, 0.3) is 0 Å². The quantitative estimate of drug-likeness (QED) is 0.773. The Bertz CT molecular complexity index is 604. The molecule has 20 heavy (non-hydrogen) atoms. The van der Waals surface area contributed by atoms with Crippen LogP contribution < -0.4 is 0 Å². The van der Waals surface area contributed by atoms with Gasteiger partial charge in [-0.15, -0.1) is 0 Å². The average molecular weight is 335 g/mol. The maximum Gasteiger partial charge on any atom is 0.166 e. The molecular formula is C16H19BrN2O. The van der Waals surface area contributed by atoms with E-state index >= 15 is 0 Å². The minimum atomic E-state index is -0.0601. The molecule has 0 radical (unpaired) electrons. The van der Waals surface area contributed by atoms with Crippen LogP contribution in [0.1, 0.15) is 35.6 Å². The standard InChI is InChI=1S/C16H19BrN2O/c1-4-19-14(15(17)12(3)18-19)10-11(2)16(20)13-8-6-5-7-9-13/h5-9,11H,4,10H2,1-3H3. The molecule has 0 aliphatic heterocycles. The summed E-state index contributed by atoms with van der Waals surface area (Å²) < 4.78 is 2.99. The van der Waals surface area contributed by atoms with Gasteiger partial charge in [-0.1, -0.05) is 37.3 Å². The van der Waals surface area contributed by atoms with Gasteiger partial charge in [-0.3, -0.25) is 9.48 Å². The van der Waals surface area contributed by atoms with Crippen LogP contribution in [0.3, 0.4) is 0 Å². The number of aromatic nitrogens is 2. The highest BCUT2D eigenvalue weighted by atomic mass is 79.9. The highest BCUT2D eigenvalue weighted by Crippen LogP contribution is 2.25. The first kappa shape index (κ1) is 15.0. The lowest BCUT2D eigenvalue weighted by atomic mass is 9.95. The summed E-state index contributed by atoms with van der Waals surface area (Å²) in [6, 6.07) is 9.46. The molecule has 0 fully saturated rings. The first-order chi connectivity index (χ1) is 9.54. The van der Waals surface area contributed by atoms with Crippen molar-refractivity contribution >= 4 is 21.7 Å². The number of halogens is 1. The van der Waals surface area contributed by atoms with Gasteiger partial charge in [0.15, 0.2) is 5.78 Å². The Hall–Kier alpha value is -1.42. The summed E-state index contributed by atoms with van der Waals surface area (Å²) in [4.78, 5) is 12.4. The Morgan fingerprint density at radius 1 is 1.35 bits per heavy atom. The molecule has 0 amide bonds. The lowest BCUT2D eigenvalue weighted by Gasteiger charge is -2.12. The Labute approximate surface area is 128 Å². The van der Waals surface area contributed by atoms with Crippen molar-refractivity contribution in [3.8, 4) is 0 Å². The first-order valence-corrected chi connectivity index (χ1v) is 7.65. The number of carbonyl (C=O) groups is 1. The second kappa shape index (κ2) is 6.35. The third-order valence-corrected chi connectivity index (χ3v) is 4.49. The van der Waals surface area contributed by atoms with Crippen LogP contribution in [0.2, 0.25) is 0 Å². The molecule has 1 unspecified atom stereocenters. The number of benzene rings is 1. The van der Waals surface area contributed by atoms with Crippen molar-refractivity contribution < 1.29 is 4.79 Å². The number of hydrogen-bond acceptors (Lipinski definition) is 2. The van der Waals surface area contributed by atoms with Crippen molar-refractivity contribution in [2.45, 2.75) is 33.7 Å². The summed E-state index contributed by atoms with van der Waals surface area (Å²) in [7, 11) is 0. The van der Waals surface area contributed by atoms with Crippen LogP contribution in [0, 0.1) is 12.8 Å². The molecule has 1 heterocycles. The minimum Gasteiger partial charge on any atom is -0.294 e. The number of rotatable bonds is 5. The van der Waals surface area contributed by atoms with E-state index in [1.807, 2.05) is 48.9 Å². The van der Waals surface area contributed by atoms with Crippen LogP contribution in [0.5, 0.6) is 0 Å². The number of nitrogens with zero attached hydrogens (tertiary/aromatic N) is 2. The van der Waals surface area contributed by atoms with E-state index in [9.17, 15) is 4.79 Å². The van der Waals surface area contributed by atoms with Crippen LogP contribution in [0.15, 0.2) is 34.8 Å². The van der Waals surface area contributed by atoms with E-state index in [4.69, 9.17) is 0 Å². The maximum atomic E-state index is 12.4. The van der Waals surface area contributed by atoms with E-state index < -0.39 is 0 Å². The summed E-state index contributed by atoms with van der Waals surface area (Å²) in [5.74, 6) is 0.120. The highest BCUT2D eigenvalue weighted by molar-refractivity contribution is 9.10. The number of ketones is 1. The van der Waals surface area contributed by atoms with E-state index in [2.05, 4.69) is 28.0 Å². The Balaban J connectivity index is 2.20. The molecule has 0 bridgehead atoms. The molecule has 2 aromatic rings. The van der Waals surface area contributed by atoms with Gasteiger partial charge in [0.05, 0.1) is 15.9 Å². The zero-order chi connectivity index (χ0) is 14.7. The molecule has 2 rings (SSSR count). The van der Waals surface area contributed by atoms with Crippen molar-refractivity contribution in [3.63, 3.8) is 0 Å². The smallest absolute Gasteiger partial charge is 0.166 e. The topological polar surface area (TPSA) is 34.9 Å². The molecular weight excluding hydrogens is 316 g/mol. The average Bonchev–Trinajstić information content (AvgIpc) is 2.75. The second-order valence-corrected chi connectivity index (χ2v) is 5.79. The van der Waals surface area contributed by atoms with Gasteiger partial charge in [0.1, 0.15) is 0 Å². The molecule has 106 valence electrons. The molecule has 0 spiro atoms. The molecule has 0 saturated heterocycles. The predicted molar refractivity (Wildman–Crippen MR) is 84.0 cm³/mol. The van der Waals surface area contributed by atoms with E-state index in [1.165, 1.54) is 0 Å². The summed E-state index contributed by atoms with van der Waals surface area (Å²) >= 11 is 3.58. The van der Waals surface area contributed by atoms with Crippen molar-refractivity contribution in [2.24, 2.45) is 5.92 Å². The summed E-state index contributed by atoms with van der Waals surface area (Å²) in [6.07, 6.45) is 0.697. The van der Waals surface area contributed by atoms with Gasteiger partial charge < -0.3 is 0 Å². The SMILES string of the molecule is CCn1nc(C)c(Br)c1CC(C)C(=O)c1ccccc1. The number of hydrogen-bond donors (Lipinski definition) is 0. The fraction of sp³-hybridized carbons (Fsp3) is 0.375. The van der Waals surface area contributed by atoms with E-state index in [1.54, 1.807) is 0 Å². The summed E-state index contributed by atoms with van der Waals surface area (Å²) in [5.41, 5.74) is 2.85. The molecule has 0 N–H and O–H groups in total. The third kappa shape index (κ3) is 3.01. The van der Waals surface area contributed by atoms with Crippen LogP contribution in [0.25, 0.3) is 0 Å². The van der Waals surface area contributed by atoms with Gasteiger partial charge in [0, 0.05) is 24.4 Å². The van der Waals surface area contributed by atoms with Gasteiger partial charge in [0.2, 0.25) is 0 Å². The first-order valence-electron chi connectivity index (χ1n) is 6.85. The molecule has 3 nitrogen and oxygen atoms in total. The van der Waals surface area contributed by atoms with Gasteiger partial charge >= 0.3 is 0 Å². The largest absolute Gasteiger partial charge is 0.294 e. The number of aryl methyl sites for hydroxylation is 2. The maximum absolute atomic E-state index is 12.4. The normalized spacial score (nSPS) is 12.4. The Morgan fingerprint density at radius 2 is 2.00 bits per heavy atom. The lowest BCUT2D eigenvalue weighted by molar-refractivity contribution is 0.0928. The zero-order valence-corrected chi connectivity index (χ0v) is 13.6. The number of carbonyl (C=O) groups excluding carboxylic acids is 1. The molecule has 4 heteroatoms. The molecule has 1 atom stereocenters. The van der Waals surface area contributed by atoms with Gasteiger partial charge in [-0.25, -0.2) is 0 Å². The fourth-order valence-electron chi connectivity index (χ4n) is 2.33. The van der Waals surface area contributed by atoms with Crippen LogP contribution in [0.4, 0.5) is 0 Å². The summed E-state index contributed by atoms with van der Waals surface area (Å²) in [5, 5.41) is 4.47.